The summed E-state index contributed by atoms with van der Waals surface area (Å²) in [5.41, 5.74) is 1.56. The molecule has 0 aromatic heterocycles. The number of nitrogens with one attached hydrogen (secondary N) is 1. The minimum Gasteiger partial charge on any atom is -0.377 e. The Morgan fingerprint density at radius 3 is 2.40 bits per heavy atom. The largest absolute Gasteiger partial charge is 0.377 e. The maximum Gasteiger partial charge on any atom is 0.126 e. The van der Waals surface area contributed by atoms with E-state index in [4.69, 9.17) is 5.26 Å². The second-order valence-corrected chi connectivity index (χ2v) is 5.29. The summed E-state index contributed by atoms with van der Waals surface area (Å²) in [6, 6.07) is 10.3. The Morgan fingerprint density at radius 1 is 1.15 bits per heavy atom. The van der Waals surface area contributed by atoms with Crippen LogP contribution in [0.5, 0.6) is 0 Å². The highest BCUT2D eigenvalue weighted by Gasteiger charge is 2.11. The third kappa shape index (κ3) is 3.34. The molecule has 1 unspecified atom stereocenters. The van der Waals surface area contributed by atoms with Gasteiger partial charge in [0.2, 0.25) is 0 Å². The number of halogens is 3. The fourth-order valence-electron chi connectivity index (χ4n) is 1.88. The first-order valence-corrected chi connectivity index (χ1v) is 6.71. The molecule has 1 atom stereocenters. The van der Waals surface area contributed by atoms with Crippen molar-refractivity contribution >= 4 is 21.6 Å². The Morgan fingerprint density at radius 2 is 1.80 bits per heavy atom. The van der Waals surface area contributed by atoms with Crippen LogP contribution in [0.25, 0.3) is 0 Å². The highest BCUT2D eigenvalue weighted by molar-refractivity contribution is 9.10. The topological polar surface area (TPSA) is 35.8 Å². The van der Waals surface area contributed by atoms with Gasteiger partial charge in [0, 0.05) is 16.6 Å². The first kappa shape index (κ1) is 14.5. The van der Waals surface area contributed by atoms with Crippen molar-refractivity contribution in [1.29, 1.82) is 5.26 Å². The predicted octanol–water partition coefficient (Wildman–Crippen LogP) is 4.77. The molecule has 0 saturated carbocycles. The summed E-state index contributed by atoms with van der Waals surface area (Å²) in [4.78, 5) is 0. The number of anilines is 1. The van der Waals surface area contributed by atoms with Crippen molar-refractivity contribution < 1.29 is 8.78 Å². The van der Waals surface area contributed by atoms with Crippen LogP contribution in [0.3, 0.4) is 0 Å². The smallest absolute Gasteiger partial charge is 0.126 e. The molecule has 0 amide bonds. The van der Waals surface area contributed by atoms with Gasteiger partial charge in [-0.05, 0) is 42.8 Å². The van der Waals surface area contributed by atoms with Gasteiger partial charge in [0.15, 0.2) is 0 Å². The fraction of sp³-hybridized carbons (Fsp3) is 0.133. The average molecular weight is 337 g/mol. The number of nitrogens with zero attached hydrogens (tertiary/aromatic N) is 1. The third-order valence-corrected chi connectivity index (χ3v) is 3.35. The molecule has 0 fully saturated rings. The van der Waals surface area contributed by atoms with E-state index in [9.17, 15) is 8.78 Å². The Labute approximate surface area is 124 Å². The summed E-state index contributed by atoms with van der Waals surface area (Å²) < 4.78 is 27.2. The molecule has 0 radical (unpaired) electrons. The third-order valence-electron chi connectivity index (χ3n) is 2.86. The van der Waals surface area contributed by atoms with Crippen molar-refractivity contribution in [3.8, 4) is 6.07 Å². The second-order valence-electron chi connectivity index (χ2n) is 4.37. The highest BCUT2D eigenvalue weighted by atomic mass is 79.9. The van der Waals surface area contributed by atoms with Crippen LogP contribution in [0.4, 0.5) is 14.5 Å². The van der Waals surface area contributed by atoms with E-state index in [1.54, 1.807) is 25.1 Å². The summed E-state index contributed by atoms with van der Waals surface area (Å²) in [6.45, 7) is 1.78. The number of rotatable bonds is 3. The molecule has 2 nitrogen and oxygen atoms in total. The van der Waals surface area contributed by atoms with Gasteiger partial charge in [-0.1, -0.05) is 15.9 Å². The molecular weight excluding hydrogens is 326 g/mol. The zero-order valence-corrected chi connectivity index (χ0v) is 12.2. The summed E-state index contributed by atoms with van der Waals surface area (Å²) in [7, 11) is 0. The summed E-state index contributed by atoms with van der Waals surface area (Å²) >= 11 is 3.29. The van der Waals surface area contributed by atoms with Crippen molar-refractivity contribution in [2.45, 2.75) is 13.0 Å². The molecule has 2 rings (SSSR count). The first-order valence-electron chi connectivity index (χ1n) is 5.92. The van der Waals surface area contributed by atoms with E-state index in [-0.39, 0.29) is 6.04 Å². The first-order chi connectivity index (χ1) is 9.49. The van der Waals surface area contributed by atoms with E-state index in [1.165, 1.54) is 12.1 Å². The lowest BCUT2D eigenvalue weighted by Gasteiger charge is -2.17. The summed E-state index contributed by atoms with van der Waals surface area (Å²) in [5, 5.41) is 12.2. The maximum atomic E-state index is 13.2. The van der Waals surface area contributed by atoms with Crippen LogP contribution >= 0.6 is 15.9 Å². The molecule has 102 valence electrons. The van der Waals surface area contributed by atoms with Crippen LogP contribution in [0.2, 0.25) is 0 Å². The molecule has 5 heteroatoms. The summed E-state index contributed by atoms with van der Waals surface area (Å²) in [6.07, 6.45) is 0. The Kier molecular flexibility index (Phi) is 4.35. The molecule has 0 spiro atoms. The Hall–Kier alpha value is -1.93. The highest BCUT2D eigenvalue weighted by Crippen LogP contribution is 2.25. The lowest BCUT2D eigenvalue weighted by atomic mass is 10.1. The van der Waals surface area contributed by atoms with E-state index in [0.717, 1.165) is 10.5 Å². The number of hydrogen-bond donors (Lipinski definition) is 1. The van der Waals surface area contributed by atoms with E-state index < -0.39 is 11.6 Å². The van der Waals surface area contributed by atoms with Gasteiger partial charge in [0.05, 0.1) is 11.3 Å². The molecule has 2 aromatic carbocycles. The van der Waals surface area contributed by atoms with E-state index >= 15 is 0 Å². The van der Waals surface area contributed by atoms with Crippen molar-refractivity contribution in [2.24, 2.45) is 0 Å². The summed E-state index contributed by atoms with van der Waals surface area (Å²) in [5.74, 6) is -1.24. The van der Waals surface area contributed by atoms with Crippen molar-refractivity contribution in [1.82, 2.24) is 0 Å². The van der Waals surface area contributed by atoms with Crippen LogP contribution in [0.1, 0.15) is 24.1 Å². The van der Waals surface area contributed by atoms with Gasteiger partial charge in [0.25, 0.3) is 0 Å². The molecule has 0 heterocycles. The minimum absolute atomic E-state index is 0.325. The van der Waals surface area contributed by atoms with Crippen LogP contribution < -0.4 is 5.32 Å². The SMILES string of the molecule is CC(Nc1ccc(Br)cc1C#N)c1cc(F)cc(F)c1. The number of benzene rings is 2. The van der Waals surface area contributed by atoms with Gasteiger partial charge in [0.1, 0.15) is 17.7 Å². The van der Waals surface area contributed by atoms with Gasteiger partial charge in [-0.15, -0.1) is 0 Å². The van der Waals surface area contributed by atoms with Gasteiger partial charge in [-0.25, -0.2) is 8.78 Å². The standard InChI is InChI=1S/C15H11BrF2N2/c1-9(10-5-13(17)7-14(18)6-10)20-15-3-2-12(16)4-11(15)8-19/h2-7,9,20H,1H3. The molecule has 2 aromatic rings. The van der Waals surface area contributed by atoms with Crippen LogP contribution in [-0.4, -0.2) is 0 Å². The molecule has 0 saturated heterocycles. The monoisotopic (exact) mass is 336 g/mol. The Balaban J connectivity index is 2.28. The Bertz CT molecular complexity index is 660. The second kappa shape index (κ2) is 6.02. The fourth-order valence-corrected chi connectivity index (χ4v) is 2.24. The molecule has 20 heavy (non-hydrogen) atoms. The molecule has 0 bridgehead atoms. The van der Waals surface area contributed by atoms with E-state index in [1.807, 2.05) is 0 Å². The zero-order chi connectivity index (χ0) is 14.7. The van der Waals surface area contributed by atoms with Gasteiger partial charge in [-0.2, -0.15) is 5.26 Å². The van der Waals surface area contributed by atoms with Crippen molar-refractivity contribution in [3.63, 3.8) is 0 Å². The van der Waals surface area contributed by atoms with Gasteiger partial charge in [-0.3, -0.25) is 0 Å². The number of nitriles is 1. The van der Waals surface area contributed by atoms with Crippen molar-refractivity contribution in [3.05, 3.63) is 63.6 Å². The van der Waals surface area contributed by atoms with Crippen LogP contribution in [0.15, 0.2) is 40.9 Å². The van der Waals surface area contributed by atoms with E-state index in [2.05, 4.69) is 27.3 Å². The van der Waals surface area contributed by atoms with Crippen LogP contribution in [-0.2, 0) is 0 Å². The van der Waals surface area contributed by atoms with E-state index in [0.29, 0.717) is 16.8 Å². The zero-order valence-electron chi connectivity index (χ0n) is 10.6. The van der Waals surface area contributed by atoms with Gasteiger partial charge < -0.3 is 5.32 Å². The van der Waals surface area contributed by atoms with Crippen molar-refractivity contribution in [2.75, 3.05) is 5.32 Å². The number of hydrogen-bond acceptors (Lipinski definition) is 2. The minimum atomic E-state index is -0.620. The van der Waals surface area contributed by atoms with Crippen LogP contribution in [0, 0.1) is 23.0 Å². The molecule has 0 aliphatic carbocycles. The molecule has 0 aliphatic heterocycles. The molecule has 1 N–H and O–H groups in total. The predicted molar refractivity (Wildman–Crippen MR) is 77.3 cm³/mol. The average Bonchev–Trinajstić information content (AvgIpc) is 2.39. The molecular formula is C15H11BrF2N2. The maximum absolute atomic E-state index is 13.2. The van der Waals surface area contributed by atoms with Gasteiger partial charge >= 0.3 is 0 Å². The quantitative estimate of drug-likeness (QED) is 0.876. The normalized spacial score (nSPS) is 11.8. The molecule has 0 aliphatic rings. The lowest BCUT2D eigenvalue weighted by molar-refractivity contribution is 0.577. The lowest BCUT2D eigenvalue weighted by Crippen LogP contribution is -2.08.